The fourth-order valence-electron chi connectivity index (χ4n) is 1.38. The first-order valence-corrected chi connectivity index (χ1v) is 5.31. The molecule has 0 fully saturated rings. The Hall–Kier alpha value is -2.18. The van der Waals surface area contributed by atoms with Crippen LogP contribution in [0.3, 0.4) is 0 Å². The zero-order valence-electron chi connectivity index (χ0n) is 10.0. The second-order valence-electron chi connectivity index (χ2n) is 3.52. The Balaban J connectivity index is 3.26. The molecule has 1 aromatic rings. The largest absolute Gasteiger partial charge is 0.465 e. The van der Waals surface area contributed by atoms with E-state index in [4.69, 9.17) is 0 Å². The standard InChI is InChI=1S/C11H13FN2O4/c1-3-4-13-9-5-7(11(15)18-2)8(12)6-10(9)14(16)17/h5-6,13H,3-4H2,1-2H3. The van der Waals surface area contributed by atoms with Gasteiger partial charge in [0.2, 0.25) is 0 Å². The van der Waals surface area contributed by atoms with Gasteiger partial charge in [0.05, 0.1) is 23.7 Å². The van der Waals surface area contributed by atoms with Gasteiger partial charge in [0.1, 0.15) is 11.5 Å². The highest BCUT2D eigenvalue weighted by Gasteiger charge is 2.21. The molecule has 0 unspecified atom stereocenters. The average Bonchev–Trinajstić information content (AvgIpc) is 2.35. The first-order chi connectivity index (χ1) is 8.51. The molecule has 0 aromatic heterocycles. The molecule has 0 aliphatic heterocycles. The van der Waals surface area contributed by atoms with E-state index in [1.807, 2.05) is 6.92 Å². The van der Waals surface area contributed by atoms with Crippen LogP contribution >= 0.6 is 0 Å². The van der Waals surface area contributed by atoms with Crippen LogP contribution in [0.25, 0.3) is 0 Å². The van der Waals surface area contributed by atoms with Gasteiger partial charge in [-0.25, -0.2) is 9.18 Å². The number of nitro benzene ring substituents is 1. The van der Waals surface area contributed by atoms with Crippen LogP contribution in [0.15, 0.2) is 12.1 Å². The van der Waals surface area contributed by atoms with E-state index in [0.29, 0.717) is 12.6 Å². The van der Waals surface area contributed by atoms with E-state index >= 15 is 0 Å². The van der Waals surface area contributed by atoms with E-state index in [1.165, 1.54) is 0 Å². The lowest BCUT2D eigenvalue weighted by Gasteiger charge is -2.08. The fourth-order valence-corrected chi connectivity index (χ4v) is 1.38. The summed E-state index contributed by atoms with van der Waals surface area (Å²) in [5.74, 6) is -1.85. The second-order valence-corrected chi connectivity index (χ2v) is 3.52. The summed E-state index contributed by atoms with van der Waals surface area (Å²) in [4.78, 5) is 21.3. The molecule has 98 valence electrons. The van der Waals surface area contributed by atoms with Crippen LogP contribution in [-0.2, 0) is 4.74 Å². The molecular formula is C11H13FN2O4. The minimum Gasteiger partial charge on any atom is -0.465 e. The summed E-state index contributed by atoms with van der Waals surface area (Å²) in [5.41, 5.74) is -0.640. The molecule has 0 aliphatic rings. The summed E-state index contributed by atoms with van der Waals surface area (Å²) < 4.78 is 17.9. The third-order valence-corrected chi connectivity index (χ3v) is 2.25. The van der Waals surface area contributed by atoms with Crippen molar-refractivity contribution in [2.24, 2.45) is 0 Å². The summed E-state index contributed by atoms with van der Waals surface area (Å²) in [6.07, 6.45) is 0.738. The lowest BCUT2D eigenvalue weighted by Crippen LogP contribution is -2.09. The Bertz CT molecular complexity index is 476. The highest BCUT2D eigenvalue weighted by Crippen LogP contribution is 2.28. The third kappa shape index (κ3) is 2.93. The molecule has 6 nitrogen and oxygen atoms in total. The smallest absolute Gasteiger partial charge is 0.340 e. The van der Waals surface area contributed by atoms with E-state index in [1.54, 1.807) is 0 Å². The summed E-state index contributed by atoms with van der Waals surface area (Å²) in [6.45, 7) is 2.36. The first kappa shape index (κ1) is 13.9. The lowest BCUT2D eigenvalue weighted by atomic mass is 10.1. The van der Waals surface area contributed by atoms with E-state index in [-0.39, 0.29) is 11.3 Å². The van der Waals surface area contributed by atoms with Crippen molar-refractivity contribution < 1.29 is 18.8 Å². The second kappa shape index (κ2) is 5.95. The van der Waals surface area contributed by atoms with Gasteiger partial charge in [-0.1, -0.05) is 6.92 Å². The molecular weight excluding hydrogens is 243 g/mol. The third-order valence-electron chi connectivity index (χ3n) is 2.25. The van der Waals surface area contributed by atoms with Gasteiger partial charge in [-0.2, -0.15) is 0 Å². The number of methoxy groups -OCH3 is 1. The molecule has 0 saturated heterocycles. The Morgan fingerprint density at radius 2 is 2.22 bits per heavy atom. The van der Waals surface area contributed by atoms with Crippen molar-refractivity contribution in [3.8, 4) is 0 Å². The number of nitrogens with zero attached hydrogens (tertiary/aromatic N) is 1. The maximum absolute atomic E-state index is 13.5. The van der Waals surface area contributed by atoms with Gasteiger partial charge < -0.3 is 10.1 Å². The number of carbonyl (C=O) groups excluding carboxylic acids is 1. The summed E-state index contributed by atoms with van der Waals surface area (Å²) in [7, 11) is 1.11. The number of esters is 1. The Morgan fingerprint density at radius 3 is 2.72 bits per heavy atom. The van der Waals surface area contributed by atoms with Gasteiger partial charge in [-0.3, -0.25) is 10.1 Å². The Labute approximate surface area is 103 Å². The van der Waals surface area contributed by atoms with Crippen LogP contribution in [0.4, 0.5) is 15.8 Å². The molecule has 0 radical (unpaired) electrons. The van der Waals surface area contributed by atoms with E-state index in [9.17, 15) is 19.3 Å². The van der Waals surface area contributed by atoms with Crippen LogP contribution < -0.4 is 5.32 Å². The van der Waals surface area contributed by atoms with E-state index in [0.717, 1.165) is 19.6 Å². The molecule has 1 N–H and O–H groups in total. The molecule has 0 atom stereocenters. The number of benzene rings is 1. The number of hydrogen-bond acceptors (Lipinski definition) is 5. The van der Waals surface area contributed by atoms with Crippen LogP contribution in [0.2, 0.25) is 0 Å². The van der Waals surface area contributed by atoms with Crippen molar-refractivity contribution in [1.82, 2.24) is 0 Å². The van der Waals surface area contributed by atoms with E-state index in [2.05, 4.69) is 10.1 Å². The molecule has 7 heteroatoms. The minimum absolute atomic E-state index is 0.101. The molecule has 0 saturated carbocycles. The zero-order valence-corrected chi connectivity index (χ0v) is 10.0. The highest BCUT2D eigenvalue weighted by molar-refractivity contribution is 5.91. The predicted octanol–water partition coefficient (Wildman–Crippen LogP) is 2.34. The zero-order chi connectivity index (χ0) is 13.7. The number of carbonyl (C=O) groups is 1. The quantitative estimate of drug-likeness (QED) is 0.496. The Morgan fingerprint density at radius 1 is 1.56 bits per heavy atom. The number of nitrogens with one attached hydrogen (secondary N) is 1. The average molecular weight is 256 g/mol. The lowest BCUT2D eigenvalue weighted by molar-refractivity contribution is -0.384. The SMILES string of the molecule is CCCNc1cc(C(=O)OC)c(F)cc1[N+](=O)[O-]. The molecule has 0 amide bonds. The van der Waals surface area contributed by atoms with Gasteiger partial charge in [0.15, 0.2) is 0 Å². The van der Waals surface area contributed by atoms with Crippen molar-refractivity contribution in [1.29, 1.82) is 0 Å². The topological polar surface area (TPSA) is 81.5 Å². The van der Waals surface area contributed by atoms with Crippen LogP contribution in [0, 0.1) is 15.9 Å². The molecule has 0 aliphatic carbocycles. The fraction of sp³-hybridized carbons (Fsp3) is 0.364. The number of anilines is 1. The minimum atomic E-state index is -0.976. The van der Waals surface area contributed by atoms with Crippen LogP contribution in [-0.4, -0.2) is 24.5 Å². The van der Waals surface area contributed by atoms with E-state index < -0.39 is 22.4 Å². The molecule has 0 bridgehead atoms. The summed E-state index contributed by atoms with van der Waals surface area (Å²) in [6, 6.07) is 1.80. The van der Waals surface area contributed by atoms with Crippen molar-refractivity contribution in [2.45, 2.75) is 13.3 Å². The molecule has 1 rings (SSSR count). The highest BCUT2D eigenvalue weighted by atomic mass is 19.1. The number of halogens is 1. The number of nitro groups is 1. The summed E-state index contributed by atoms with van der Waals surface area (Å²) in [5, 5.41) is 13.5. The number of ether oxygens (including phenoxy) is 1. The predicted molar refractivity (Wildman–Crippen MR) is 63.2 cm³/mol. The molecule has 18 heavy (non-hydrogen) atoms. The monoisotopic (exact) mass is 256 g/mol. The van der Waals surface area contributed by atoms with Crippen molar-refractivity contribution in [3.63, 3.8) is 0 Å². The molecule has 0 spiro atoms. The molecule has 0 heterocycles. The van der Waals surface area contributed by atoms with Gasteiger partial charge in [0, 0.05) is 6.54 Å². The molecule has 1 aromatic carbocycles. The van der Waals surface area contributed by atoms with Crippen molar-refractivity contribution in [2.75, 3.05) is 19.0 Å². The Kier molecular flexibility index (Phi) is 4.59. The maximum atomic E-state index is 13.5. The van der Waals surface area contributed by atoms with Gasteiger partial charge in [-0.05, 0) is 12.5 Å². The summed E-state index contributed by atoms with van der Waals surface area (Å²) >= 11 is 0. The maximum Gasteiger partial charge on any atom is 0.340 e. The van der Waals surface area contributed by atoms with Crippen molar-refractivity contribution in [3.05, 3.63) is 33.6 Å². The van der Waals surface area contributed by atoms with Gasteiger partial charge in [0.25, 0.3) is 5.69 Å². The first-order valence-electron chi connectivity index (χ1n) is 5.31. The number of rotatable bonds is 5. The normalized spacial score (nSPS) is 9.94. The number of hydrogen-bond donors (Lipinski definition) is 1. The van der Waals surface area contributed by atoms with Crippen molar-refractivity contribution >= 4 is 17.3 Å². The van der Waals surface area contributed by atoms with Gasteiger partial charge in [-0.15, -0.1) is 0 Å². The van der Waals surface area contributed by atoms with Crippen LogP contribution in [0.5, 0.6) is 0 Å². The van der Waals surface area contributed by atoms with Gasteiger partial charge >= 0.3 is 5.97 Å². The van der Waals surface area contributed by atoms with Crippen LogP contribution in [0.1, 0.15) is 23.7 Å².